The van der Waals surface area contributed by atoms with Gasteiger partial charge in [0, 0.05) is 67.1 Å². The van der Waals surface area contributed by atoms with E-state index < -0.39 is 82.0 Å². The van der Waals surface area contributed by atoms with Crippen LogP contribution in [0.4, 0.5) is 41.6 Å². The van der Waals surface area contributed by atoms with Crippen LogP contribution in [0.3, 0.4) is 0 Å². The number of thiophene rings is 1. The van der Waals surface area contributed by atoms with E-state index in [9.17, 15) is 28.7 Å². The molecule has 0 radical (unpaired) electrons. The van der Waals surface area contributed by atoms with Crippen LogP contribution in [0.25, 0.3) is 43.2 Å². The molecule has 2 bridgehead atoms. The molecule has 7 heterocycles. The lowest BCUT2D eigenvalue weighted by atomic mass is 9.91. The second-order valence-electron chi connectivity index (χ2n) is 22.2. The number of carbonyl (C=O) groups excluding carboxylic acids is 2. The highest BCUT2D eigenvalue weighted by Crippen LogP contribution is 2.48. The van der Waals surface area contributed by atoms with Crippen molar-refractivity contribution < 1.29 is 59.4 Å². The van der Waals surface area contributed by atoms with E-state index in [1.54, 1.807) is 37.3 Å². The molecule has 4 aromatic carbocycles. The minimum absolute atomic E-state index is 0.0121. The number of carbonyl (C=O) groups is 2. The number of β-amino-alcohol motifs (C(OH)–C–C–N with tert-alkyl or cyclic N) is 1. The predicted molar refractivity (Wildman–Crippen MR) is 295 cm³/mol. The van der Waals surface area contributed by atoms with Crippen molar-refractivity contribution in [2.75, 3.05) is 63.1 Å². The maximum Gasteiger partial charge on any atom is 0.417 e. The van der Waals surface area contributed by atoms with Crippen LogP contribution in [0.5, 0.6) is 11.9 Å². The van der Waals surface area contributed by atoms with E-state index in [1.807, 2.05) is 24.8 Å². The number of piperidine rings is 1. The molecule has 0 aliphatic carbocycles. The highest BCUT2D eigenvalue weighted by atomic mass is 32.1. The number of anilines is 2. The van der Waals surface area contributed by atoms with E-state index >= 15 is 22.0 Å². The lowest BCUT2D eigenvalue weighted by Gasteiger charge is -2.34. The van der Waals surface area contributed by atoms with Crippen molar-refractivity contribution in [3.05, 3.63) is 112 Å². The first-order valence-corrected chi connectivity index (χ1v) is 28.4. The first-order chi connectivity index (χ1) is 39.7. The Morgan fingerprint density at radius 2 is 1.64 bits per heavy atom. The smallest absolute Gasteiger partial charge is 0.417 e. The number of likely N-dealkylation sites (tertiary alicyclic amines) is 2. The molecule has 4 aliphatic rings. The minimum atomic E-state index is -5.10. The summed E-state index contributed by atoms with van der Waals surface area (Å²) >= 11 is 0.689. The van der Waals surface area contributed by atoms with Gasteiger partial charge in [-0.2, -0.15) is 28.4 Å². The predicted octanol–water partition coefficient (Wildman–Crippen LogP) is 9.88. The van der Waals surface area contributed by atoms with Gasteiger partial charge in [0.25, 0.3) is 5.88 Å². The van der Waals surface area contributed by atoms with Crippen molar-refractivity contribution in [2.24, 2.45) is 11.8 Å². The van der Waals surface area contributed by atoms with Crippen molar-refractivity contribution in [2.45, 2.75) is 95.2 Å². The maximum absolute atomic E-state index is 17.3. The molecule has 5 N–H and O–H groups in total. The van der Waals surface area contributed by atoms with E-state index in [4.69, 9.17) is 19.7 Å². The third-order valence-electron chi connectivity index (χ3n) is 16.4. The van der Waals surface area contributed by atoms with E-state index in [0.29, 0.717) is 61.8 Å². The van der Waals surface area contributed by atoms with E-state index in [-0.39, 0.29) is 104 Å². The number of aliphatic hydroxyl groups is 1. The van der Waals surface area contributed by atoms with Gasteiger partial charge >= 0.3 is 12.2 Å². The number of aliphatic hydroxyl groups excluding tert-OH is 1. The van der Waals surface area contributed by atoms with Crippen molar-refractivity contribution in [3.63, 3.8) is 0 Å². The number of alkyl halides is 3. The molecule has 83 heavy (non-hydrogen) atoms. The van der Waals surface area contributed by atoms with Gasteiger partial charge < -0.3 is 45.3 Å². The number of aromatic nitrogens is 3. The zero-order chi connectivity index (χ0) is 58.6. The van der Waals surface area contributed by atoms with Gasteiger partial charge in [-0.3, -0.25) is 14.5 Å². The number of hydrogen-bond acceptors (Lipinski definition) is 15. The van der Waals surface area contributed by atoms with E-state index in [2.05, 4.69) is 30.7 Å². The molecule has 2 amide bonds. The van der Waals surface area contributed by atoms with Crippen LogP contribution >= 0.6 is 11.3 Å². The molecule has 4 aliphatic heterocycles. The van der Waals surface area contributed by atoms with Gasteiger partial charge in [-0.15, -0.1) is 11.3 Å². The lowest BCUT2D eigenvalue weighted by Crippen LogP contribution is -2.51. The zero-order valence-electron chi connectivity index (χ0n) is 45.4. The molecule has 2 unspecified atom stereocenters. The second kappa shape index (κ2) is 23.2. The molecular formula is C59H59F7N10O6S. The molecule has 4 saturated heterocycles. The summed E-state index contributed by atoms with van der Waals surface area (Å²) in [6.07, 6.45) is -2.88. The summed E-state index contributed by atoms with van der Waals surface area (Å²) in [5, 5.41) is 30.7. The quantitative estimate of drug-likeness (QED) is 0.0665. The minimum Gasteiger partial charge on any atom is -0.475 e. The number of nitrogen functional groups attached to an aromatic ring is 1. The van der Waals surface area contributed by atoms with Crippen LogP contribution in [0.15, 0.2) is 71.3 Å². The van der Waals surface area contributed by atoms with E-state index in [0.717, 1.165) is 43.9 Å². The number of piperazine rings is 1. The standard InChI is InChI=1S/C59H59F7N10O6S/c1-29(2)47(57(79)76-27-36(77)21-44(76)56(78)69-30(3)32-7-9-33(10-8-32)48-41(60)5-4-6-42(48)61)45-23-46(73-82-45)81-28-31-15-17-74(18-16-31)19-20-80-58-71-52-38(55(72-58)75-25-34-11-12-35(26-75)70-34)22-40(59(64,65)66)50(51(52)63)37-13-14-43(62)53-49(37)39(24-67)54(68)83-53/h4-10,13-14,22-23,29-31,34-36,44,47,70,77H,11-12,15-21,25-28,68H2,1-3H3,(H,69,78)/t30-,34?,35?,36+,44-,47+/m0/s1. The number of nitrogens with one attached hydrogen (secondary N) is 2. The van der Waals surface area contributed by atoms with Gasteiger partial charge in [0.2, 0.25) is 11.8 Å². The van der Waals surface area contributed by atoms with Crippen LogP contribution in [0.1, 0.15) is 87.3 Å². The fourth-order valence-electron chi connectivity index (χ4n) is 12.1. The number of halogens is 7. The highest BCUT2D eigenvalue weighted by molar-refractivity contribution is 7.23. The van der Waals surface area contributed by atoms with Crippen LogP contribution in [-0.2, 0) is 15.8 Å². The summed E-state index contributed by atoms with van der Waals surface area (Å²) in [5.74, 6) is -5.01. The Hall–Kier alpha value is -7.59. The zero-order valence-corrected chi connectivity index (χ0v) is 46.2. The number of rotatable bonds is 16. The van der Waals surface area contributed by atoms with Gasteiger partial charge in [0.15, 0.2) is 11.6 Å². The summed E-state index contributed by atoms with van der Waals surface area (Å²) in [6, 6.07) is 14.6. The summed E-state index contributed by atoms with van der Waals surface area (Å²) < 4.78 is 125. The number of fused-ring (bicyclic) bond motifs is 4. The summed E-state index contributed by atoms with van der Waals surface area (Å²) in [5.41, 5.74) is 3.57. The molecular weight excluding hydrogens is 1110 g/mol. The SMILES string of the molecule is CC(C)[C@@H](C(=O)N1C[C@H](O)C[C@H]1C(=O)N[C@@H](C)c1ccc(-c2c(F)cccc2F)cc1)c1cc(OCC2CCN(CCOc3nc(N4CC5CCC(C4)N5)c4cc(C(F)(F)F)c(-c5ccc(F)c6sc(N)c(C#N)c56)c(F)c4n3)CC2)no1. The Kier molecular flexibility index (Phi) is 16.0. The number of ether oxygens (including phenoxy) is 2. The van der Waals surface area contributed by atoms with Crippen molar-refractivity contribution >= 4 is 55.0 Å². The lowest BCUT2D eigenvalue weighted by molar-refractivity contribution is -0.141. The number of benzene rings is 4. The fourth-order valence-corrected chi connectivity index (χ4v) is 13.1. The molecule has 16 nitrogen and oxygen atoms in total. The van der Waals surface area contributed by atoms with E-state index in [1.165, 1.54) is 23.1 Å². The number of nitrogens with zero attached hydrogens (tertiary/aromatic N) is 7. The molecule has 0 spiro atoms. The van der Waals surface area contributed by atoms with Gasteiger partial charge in [-0.1, -0.05) is 50.2 Å². The third-order valence-corrected chi connectivity index (χ3v) is 17.4. The molecule has 6 atom stereocenters. The molecule has 4 fully saturated rings. The molecule has 436 valence electrons. The Balaban J connectivity index is 0.723. The highest BCUT2D eigenvalue weighted by Gasteiger charge is 2.44. The van der Waals surface area contributed by atoms with Gasteiger partial charge in [-0.25, -0.2) is 17.6 Å². The summed E-state index contributed by atoms with van der Waals surface area (Å²) in [4.78, 5) is 42.5. The Labute approximate surface area is 476 Å². The molecule has 3 aromatic heterocycles. The first kappa shape index (κ1) is 57.2. The average molecular weight is 1170 g/mol. The molecule has 0 saturated carbocycles. The van der Waals surface area contributed by atoms with Crippen LogP contribution in [-0.4, -0.2) is 119 Å². The molecule has 11 rings (SSSR count). The summed E-state index contributed by atoms with van der Waals surface area (Å²) in [6.45, 7) is 8.22. The van der Waals surface area contributed by atoms with Crippen molar-refractivity contribution in [1.82, 2.24) is 35.6 Å². The number of hydrogen-bond donors (Lipinski definition) is 4. The average Bonchev–Trinajstić information content (AvgIpc) is 2.84. The van der Waals surface area contributed by atoms with Gasteiger partial charge in [0.05, 0.1) is 40.1 Å². The first-order valence-electron chi connectivity index (χ1n) is 27.6. The van der Waals surface area contributed by atoms with Gasteiger partial charge in [-0.05, 0) is 104 Å². The third kappa shape index (κ3) is 11.5. The fraction of sp³-hybridized carbons (Fsp3) is 0.424. The maximum atomic E-state index is 17.3. The normalized spacial score (nSPS) is 20.3. The van der Waals surface area contributed by atoms with Crippen molar-refractivity contribution in [1.29, 1.82) is 5.26 Å². The molecule has 7 aromatic rings. The Bertz CT molecular complexity index is 3610. The Morgan fingerprint density at radius 3 is 2.31 bits per heavy atom. The topological polar surface area (TPSA) is 208 Å². The monoisotopic (exact) mass is 1170 g/mol. The largest absolute Gasteiger partial charge is 0.475 e. The number of nitriles is 1. The van der Waals surface area contributed by atoms with Crippen LogP contribution in [0.2, 0.25) is 0 Å². The Morgan fingerprint density at radius 1 is 0.928 bits per heavy atom. The van der Waals surface area contributed by atoms with Gasteiger partial charge in [0.1, 0.15) is 58.4 Å². The number of nitrogens with two attached hydrogens (primary N) is 1. The number of amides is 2. The molecule has 24 heteroatoms. The van der Waals surface area contributed by atoms with Crippen LogP contribution in [0, 0.1) is 46.4 Å². The second-order valence-corrected chi connectivity index (χ2v) is 23.3. The van der Waals surface area contributed by atoms with Crippen molar-refractivity contribution in [3.8, 4) is 40.2 Å². The van der Waals surface area contributed by atoms with Crippen LogP contribution < -0.4 is 30.7 Å². The summed E-state index contributed by atoms with van der Waals surface area (Å²) in [7, 11) is 0.